The van der Waals surface area contributed by atoms with E-state index in [9.17, 15) is 0 Å². The van der Waals surface area contributed by atoms with Gasteiger partial charge in [-0.15, -0.1) is 0 Å². The van der Waals surface area contributed by atoms with Gasteiger partial charge in [0.25, 0.3) is 0 Å². The van der Waals surface area contributed by atoms with E-state index in [0.717, 1.165) is 24.2 Å². The van der Waals surface area contributed by atoms with Gasteiger partial charge in [0.2, 0.25) is 0 Å². The molecule has 0 bridgehead atoms. The van der Waals surface area contributed by atoms with Crippen molar-refractivity contribution in [1.29, 1.82) is 5.26 Å². The Morgan fingerprint density at radius 2 is 2.12 bits per heavy atom. The number of hydrogen-bond donors (Lipinski definition) is 2. The second-order valence-electron chi connectivity index (χ2n) is 4.48. The molecule has 0 spiro atoms. The molecule has 16 heavy (non-hydrogen) atoms. The average Bonchev–Trinajstić information content (AvgIpc) is 2.22. The van der Waals surface area contributed by atoms with Crippen LogP contribution in [-0.4, -0.2) is 6.54 Å². The van der Waals surface area contributed by atoms with E-state index in [1.165, 1.54) is 0 Å². The zero-order chi connectivity index (χ0) is 12.1. The van der Waals surface area contributed by atoms with E-state index < -0.39 is 0 Å². The quantitative estimate of drug-likeness (QED) is 0.762. The summed E-state index contributed by atoms with van der Waals surface area (Å²) in [4.78, 5) is 0. The van der Waals surface area contributed by atoms with Crippen molar-refractivity contribution in [3.8, 4) is 6.07 Å². The van der Waals surface area contributed by atoms with E-state index in [1.54, 1.807) is 6.07 Å². The van der Waals surface area contributed by atoms with Crippen LogP contribution in [0.3, 0.4) is 0 Å². The number of hydrogen-bond acceptors (Lipinski definition) is 3. The fraction of sp³-hybridized carbons (Fsp3) is 0.462. The van der Waals surface area contributed by atoms with Crippen LogP contribution in [0.5, 0.6) is 0 Å². The van der Waals surface area contributed by atoms with Crippen molar-refractivity contribution in [3.05, 3.63) is 23.3 Å². The molecule has 3 heteroatoms. The lowest BCUT2D eigenvalue weighted by molar-refractivity contribution is 0.607. The third-order valence-electron chi connectivity index (χ3n) is 2.55. The molecular formula is C13H19N3. The van der Waals surface area contributed by atoms with Crippen LogP contribution in [0.25, 0.3) is 0 Å². The zero-order valence-corrected chi connectivity index (χ0v) is 10.2. The highest BCUT2D eigenvalue weighted by Gasteiger charge is 2.04. The molecule has 86 valence electrons. The molecule has 0 amide bonds. The Bertz CT molecular complexity index is 402. The number of nitrogens with one attached hydrogen (secondary N) is 1. The smallest absolute Gasteiger partial charge is 0.0995 e. The summed E-state index contributed by atoms with van der Waals surface area (Å²) in [5, 5.41) is 12.2. The molecule has 0 fully saturated rings. The summed E-state index contributed by atoms with van der Waals surface area (Å²) in [6, 6.07) is 5.80. The van der Waals surface area contributed by atoms with Crippen LogP contribution in [0.4, 0.5) is 11.4 Å². The zero-order valence-electron chi connectivity index (χ0n) is 10.2. The minimum Gasteiger partial charge on any atom is -0.397 e. The van der Waals surface area contributed by atoms with Gasteiger partial charge in [-0.25, -0.2) is 0 Å². The molecule has 0 unspecified atom stereocenters. The summed E-state index contributed by atoms with van der Waals surface area (Å²) in [5.41, 5.74) is 9.05. The van der Waals surface area contributed by atoms with Crippen molar-refractivity contribution in [2.24, 2.45) is 5.92 Å². The van der Waals surface area contributed by atoms with Gasteiger partial charge < -0.3 is 11.1 Å². The number of anilines is 2. The number of benzene rings is 1. The second kappa shape index (κ2) is 5.41. The molecule has 0 radical (unpaired) electrons. The van der Waals surface area contributed by atoms with Crippen molar-refractivity contribution < 1.29 is 0 Å². The second-order valence-corrected chi connectivity index (χ2v) is 4.48. The molecule has 0 aliphatic rings. The maximum atomic E-state index is 8.86. The monoisotopic (exact) mass is 217 g/mol. The van der Waals surface area contributed by atoms with Gasteiger partial charge in [0, 0.05) is 6.54 Å². The molecule has 0 saturated carbocycles. The lowest BCUT2D eigenvalue weighted by Gasteiger charge is -2.12. The Morgan fingerprint density at radius 3 is 2.69 bits per heavy atom. The first-order valence-corrected chi connectivity index (χ1v) is 5.58. The Hall–Kier alpha value is -1.69. The van der Waals surface area contributed by atoms with Crippen molar-refractivity contribution in [3.63, 3.8) is 0 Å². The van der Waals surface area contributed by atoms with Gasteiger partial charge >= 0.3 is 0 Å². The van der Waals surface area contributed by atoms with Crippen LogP contribution >= 0.6 is 0 Å². The molecule has 0 aliphatic heterocycles. The van der Waals surface area contributed by atoms with Crippen molar-refractivity contribution in [2.75, 3.05) is 17.6 Å². The largest absolute Gasteiger partial charge is 0.397 e. The third kappa shape index (κ3) is 3.16. The number of nitrogens with zero attached hydrogens (tertiary/aromatic N) is 1. The standard InChI is InChI=1S/C13H19N3/c1-9(2)4-5-16-13-6-10(3)11(8-14)7-12(13)15/h6-7,9,16H,4-5,15H2,1-3H3. The topological polar surface area (TPSA) is 61.8 Å². The molecule has 0 heterocycles. The number of nitriles is 1. The Morgan fingerprint density at radius 1 is 1.44 bits per heavy atom. The molecule has 1 aromatic carbocycles. The van der Waals surface area contributed by atoms with Crippen LogP contribution in [0, 0.1) is 24.2 Å². The summed E-state index contributed by atoms with van der Waals surface area (Å²) in [6.45, 7) is 7.21. The van der Waals surface area contributed by atoms with Gasteiger partial charge in [-0.2, -0.15) is 5.26 Å². The van der Waals surface area contributed by atoms with Crippen molar-refractivity contribution in [2.45, 2.75) is 27.2 Å². The minimum atomic E-state index is 0.644. The number of nitrogens with two attached hydrogens (primary N) is 1. The summed E-state index contributed by atoms with van der Waals surface area (Å²) in [7, 11) is 0. The highest BCUT2D eigenvalue weighted by molar-refractivity contribution is 5.70. The predicted molar refractivity (Wildman–Crippen MR) is 68.3 cm³/mol. The summed E-state index contributed by atoms with van der Waals surface area (Å²) in [6.07, 6.45) is 1.11. The molecule has 0 aromatic heterocycles. The fourth-order valence-electron chi connectivity index (χ4n) is 1.49. The SMILES string of the molecule is Cc1cc(NCCC(C)C)c(N)cc1C#N. The van der Waals surface area contributed by atoms with Crippen LogP contribution in [0.2, 0.25) is 0 Å². The van der Waals surface area contributed by atoms with Gasteiger partial charge in [0.1, 0.15) is 0 Å². The fourth-order valence-corrected chi connectivity index (χ4v) is 1.49. The lowest BCUT2D eigenvalue weighted by Crippen LogP contribution is -2.07. The summed E-state index contributed by atoms with van der Waals surface area (Å²) < 4.78 is 0. The van der Waals surface area contributed by atoms with Gasteiger partial charge in [-0.3, -0.25) is 0 Å². The van der Waals surface area contributed by atoms with E-state index in [0.29, 0.717) is 17.2 Å². The van der Waals surface area contributed by atoms with Gasteiger partial charge in [-0.1, -0.05) is 13.8 Å². The molecule has 0 aliphatic carbocycles. The van der Waals surface area contributed by atoms with Gasteiger partial charge in [0.05, 0.1) is 23.0 Å². The van der Waals surface area contributed by atoms with Crippen molar-refractivity contribution >= 4 is 11.4 Å². The van der Waals surface area contributed by atoms with E-state index in [-0.39, 0.29) is 0 Å². The molecule has 1 rings (SSSR count). The Labute approximate surface area is 97.3 Å². The van der Waals surface area contributed by atoms with E-state index in [2.05, 4.69) is 25.2 Å². The Balaban J connectivity index is 2.75. The highest BCUT2D eigenvalue weighted by atomic mass is 14.9. The van der Waals surface area contributed by atoms with Gasteiger partial charge in [-0.05, 0) is 37.0 Å². The highest BCUT2D eigenvalue weighted by Crippen LogP contribution is 2.23. The molecule has 1 aromatic rings. The maximum absolute atomic E-state index is 8.86. The van der Waals surface area contributed by atoms with E-state index in [1.807, 2.05) is 13.0 Å². The molecule has 0 saturated heterocycles. The van der Waals surface area contributed by atoms with E-state index >= 15 is 0 Å². The average molecular weight is 217 g/mol. The van der Waals surface area contributed by atoms with Crippen LogP contribution in [-0.2, 0) is 0 Å². The number of nitrogen functional groups attached to an aromatic ring is 1. The normalized spacial score (nSPS) is 10.2. The Kier molecular flexibility index (Phi) is 4.19. The summed E-state index contributed by atoms with van der Waals surface area (Å²) >= 11 is 0. The molecule has 3 nitrogen and oxygen atoms in total. The van der Waals surface area contributed by atoms with Crippen LogP contribution in [0.15, 0.2) is 12.1 Å². The lowest BCUT2D eigenvalue weighted by atomic mass is 10.1. The minimum absolute atomic E-state index is 0.644. The van der Waals surface area contributed by atoms with Crippen LogP contribution < -0.4 is 11.1 Å². The third-order valence-corrected chi connectivity index (χ3v) is 2.55. The first-order chi connectivity index (χ1) is 7.54. The first-order valence-electron chi connectivity index (χ1n) is 5.58. The number of rotatable bonds is 4. The van der Waals surface area contributed by atoms with E-state index in [4.69, 9.17) is 11.0 Å². The predicted octanol–water partition coefficient (Wildman–Crippen LogP) is 2.91. The molecule has 3 N–H and O–H groups in total. The van der Waals surface area contributed by atoms with Crippen LogP contribution in [0.1, 0.15) is 31.4 Å². The maximum Gasteiger partial charge on any atom is 0.0995 e. The van der Waals surface area contributed by atoms with Crippen molar-refractivity contribution in [1.82, 2.24) is 0 Å². The summed E-state index contributed by atoms with van der Waals surface area (Å²) in [5.74, 6) is 0.674. The number of aryl methyl sites for hydroxylation is 1. The van der Waals surface area contributed by atoms with Gasteiger partial charge in [0.15, 0.2) is 0 Å². The molecular weight excluding hydrogens is 198 g/mol. The first kappa shape index (κ1) is 12.4. The molecule has 0 atom stereocenters.